The average molecular weight is 483 g/mol. The maximum atomic E-state index is 13.7. The molecular weight excluding hydrogens is 463 g/mol. The lowest BCUT2D eigenvalue weighted by Gasteiger charge is -2.37. The van der Waals surface area contributed by atoms with Crippen molar-refractivity contribution >= 4 is 39.1 Å². The van der Waals surface area contributed by atoms with Crippen LogP contribution in [0.15, 0.2) is 61.1 Å². The summed E-state index contributed by atoms with van der Waals surface area (Å²) in [7, 11) is 0. The molecular formula is C25H19FN8S. The van der Waals surface area contributed by atoms with E-state index >= 15 is 0 Å². The van der Waals surface area contributed by atoms with Gasteiger partial charge < -0.3 is 15.6 Å². The SMILES string of the molecule is NC1CN(c2cncc(-c3cnc4n[nH]c(-c5cc6c(-c7ccc(F)s7)cccc6[nH]5)c4c3)n2)C1. The highest BCUT2D eigenvalue weighted by Gasteiger charge is 2.25. The number of benzene rings is 1. The van der Waals surface area contributed by atoms with Crippen LogP contribution < -0.4 is 10.6 Å². The molecule has 6 aromatic rings. The lowest BCUT2D eigenvalue weighted by Crippen LogP contribution is -2.56. The highest BCUT2D eigenvalue weighted by atomic mass is 32.1. The molecule has 0 aliphatic carbocycles. The summed E-state index contributed by atoms with van der Waals surface area (Å²) in [5, 5.41) is 9.21. The fraction of sp³-hybridized carbons (Fsp3) is 0.120. The van der Waals surface area contributed by atoms with E-state index in [1.165, 1.54) is 6.07 Å². The Hall–Kier alpha value is -4.15. The van der Waals surface area contributed by atoms with Gasteiger partial charge in [-0.2, -0.15) is 9.49 Å². The number of rotatable bonds is 4. The second-order valence-electron chi connectivity index (χ2n) is 8.67. The lowest BCUT2D eigenvalue weighted by molar-refractivity contribution is 0.514. The monoisotopic (exact) mass is 482 g/mol. The van der Waals surface area contributed by atoms with E-state index in [1.54, 1.807) is 18.6 Å². The minimum atomic E-state index is -0.199. The molecule has 1 saturated heterocycles. The first-order chi connectivity index (χ1) is 17.1. The number of hydrogen-bond acceptors (Lipinski definition) is 7. The maximum Gasteiger partial charge on any atom is 0.181 e. The second-order valence-corrected chi connectivity index (χ2v) is 9.71. The van der Waals surface area contributed by atoms with E-state index in [9.17, 15) is 4.39 Å². The molecule has 0 amide bonds. The fourth-order valence-electron chi connectivity index (χ4n) is 4.56. The number of nitrogens with two attached hydrogens (primary N) is 1. The Labute approximate surface area is 202 Å². The molecule has 172 valence electrons. The molecule has 1 aliphatic rings. The van der Waals surface area contributed by atoms with Gasteiger partial charge in [-0.1, -0.05) is 12.1 Å². The molecule has 0 atom stereocenters. The lowest BCUT2D eigenvalue weighted by atomic mass is 10.1. The zero-order valence-corrected chi connectivity index (χ0v) is 19.2. The number of nitrogens with zero attached hydrogens (tertiary/aromatic N) is 5. The molecule has 5 aromatic heterocycles. The van der Waals surface area contributed by atoms with Crippen molar-refractivity contribution in [3.63, 3.8) is 0 Å². The van der Waals surface area contributed by atoms with E-state index in [0.29, 0.717) is 5.65 Å². The molecule has 0 radical (unpaired) electrons. The van der Waals surface area contributed by atoms with Crippen LogP contribution in [0.25, 0.3) is 55.0 Å². The van der Waals surface area contributed by atoms with Crippen molar-refractivity contribution in [2.24, 2.45) is 5.73 Å². The van der Waals surface area contributed by atoms with E-state index in [2.05, 4.69) is 36.1 Å². The zero-order valence-electron chi connectivity index (χ0n) is 18.4. The van der Waals surface area contributed by atoms with Crippen molar-refractivity contribution in [1.82, 2.24) is 30.1 Å². The number of nitrogens with one attached hydrogen (secondary N) is 2. The summed E-state index contributed by atoms with van der Waals surface area (Å²) < 4.78 is 13.7. The first-order valence-corrected chi connectivity index (χ1v) is 12.0. The first kappa shape index (κ1) is 20.2. The Balaban J connectivity index is 1.31. The van der Waals surface area contributed by atoms with Crippen molar-refractivity contribution in [3.8, 4) is 33.1 Å². The molecule has 0 spiro atoms. The summed E-state index contributed by atoms with van der Waals surface area (Å²) >= 11 is 1.14. The van der Waals surface area contributed by atoms with E-state index in [0.717, 1.165) is 79.6 Å². The molecule has 0 saturated carbocycles. The van der Waals surface area contributed by atoms with Crippen LogP contribution in [-0.4, -0.2) is 49.3 Å². The van der Waals surface area contributed by atoms with Crippen LogP contribution in [0.2, 0.25) is 0 Å². The minimum Gasteiger partial charge on any atom is -0.353 e. The van der Waals surface area contributed by atoms with E-state index in [-0.39, 0.29) is 11.2 Å². The van der Waals surface area contributed by atoms with Gasteiger partial charge in [-0.05, 0) is 30.3 Å². The number of fused-ring (bicyclic) bond motifs is 2. The van der Waals surface area contributed by atoms with Crippen LogP contribution in [0.4, 0.5) is 10.2 Å². The summed E-state index contributed by atoms with van der Waals surface area (Å²) in [6.07, 6.45) is 5.25. The van der Waals surface area contributed by atoms with Crippen molar-refractivity contribution in [2.45, 2.75) is 6.04 Å². The molecule has 1 aliphatic heterocycles. The Morgan fingerprint density at radius 2 is 1.97 bits per heavy atom. The Morgan fingerprint density at radius 1 is 1.06 bits per heavy atom. The predicted octanol–water partition coefficient (Wildman–Crippen LogP) is 4.58. The van der Waals surface area contributed by atoms with E-state index < -0.39 is 0 Å². The number of thiophene rings is 1. The number of halogens is 1. The third-order valence-corrected chi connectivity index (χ3v) is 7.24. The van der Waals surface area contributed by atoms with Crippen molar-refractivity contribution in [2.75, 3.05) is 18.0 Å². The number of aromatic nitrogens is 6. The Kier molecular flexibility index (Phi) is 4.45. The number of H-pyrrole nitrogens is 2. The van der Waals surface area contributed by atoms with Crippen LogP contribution in [0.1, 0.15) is 0 Å². The minimum absolute atomic E-state index is 0.183. The highest BCUT2D eigenvalue weighted by Crippen LogP contribution is 2.36. The quantitative estimate of drug-likeness (QED) is 0.339. The third kappa shape index (κ3) is 3.37. The number of hydrogen-bond donors (Lipinski definition) is 3. The van der Waals surface area contributed by atoms with Gasteiger partial charge in [-0.25, -0.2) is 9.97 Å². The van der Waals surface area contributed by atoms with E-state index in [4.69, 9.17) is 10.7 Å². The molecule has 4 N–H and O–H groups in total. The topological polar surface area (TPSA) is 112 Å². The predicted molar refractivity (Wildman–Crippen MR) is 136 cm³/mol. The zero-order chi connectivity index (χ0) is 23.5. The molecule has 0 bridgehead atoms. The second kappa shape index (κ2) is 7.69. The normalized spacial score (nSPS) is 14.2. The molecule has 6 heterocycles. The van der Waals surface area contributed by atoms with Crippen LogP contribution in [0, 0.1) is 5.13 Å². The molecule has 1 aromatic carbocycles. The van der Waals surface area contributed by atoms with Gasteiger partial charge in [0.25, 0.3) is 0 Å². The van der Waals surface area contributed by atoms with E-state index in [1.807, 2.05) is 30.3 Å². The smallest absolute Gasteiger partial charge is 0.181 e. The highest BCUT2D eigenvalue weighted by molar-refractivity contribution is 7.14. The van der Waals surface area contributed by atoms with Crippen LogP contribution in [-0.2, 0) is 0 Å². The van der Waals surface area contributed by atoms with Gasteiger partial charge in [0.2, 0.25) is 0 Å². The number of anilines is 1. The van der Waals surface area contributed by atoms with Crippen LogP contribution in [0.5, 0.6) is 0 Å². The van der Waals surface area contributed by atoms with Gasteiger partial charge in [0.1, 0.15) is 5.82 Å². The van der Waals surface area contributed by atoms with Gasteiger partial charge in [0.15, 0.2) is 10.8 Å². The van der Waals surface area contributed by atoms with Crippen molar-refractivity contribution < 1.29 is 4.39 Å². The Morgan fingerprint density at radius 3 is 2.80 bits per heavy atom. The Bertz CT molecular complexity index is 1710. The summed E-state index contributed by atoms with van der Waals surface area (Å²) in [5.74, 6) is 0.810. The average Bonchev–Trinajstić information content (AvgIpc) is 3.59. The van der Waals surface area contributed by atoms with Gasteiger partial charge in [0, 0.05) is 57.6 Å². The van der Waals surface area contributed by atoms with Gasteiger partial charge >= 0.3 is 0 Å². The molecule has 1 fully saturated rings. The maximum absolute atomic E-state index is 13.7. The van der Waals surface area contributed by atoms with Gasteiger partial charge in [-0.15, -0.1) is 11.3 Å². The standard InChI is InChI=1S/C25H19FN8S/c26-22-5-4-21(35-22)15-2-1-3-18-16(15)7-19(30-18)24-17-6-13(8-29-25(17)33-32-24)20-9-28-10-23(31-20)34-11-14(27)12-34/h1-10,14,30H,11-12,27H2,(H,29,32,33). The summed E-state index contributed by atoms with van der Waals surface area (Å²) in [4.78, 5) is 20.2. The third-order valence-electron chi connectivity index (χ3n) is 6.33. The van der Waals surface area contributed by atoms with Crippen molar-refractivity contribution in [1.29, 1.82) is 0 Å². The molecule has 0 unspecified atom stereocenters. The van der Waals surface area contributed by atoms with Crippen LogP contribution in [0.3, 0.4) is 0 Å². The van der Waals surface area contributed by atoms with Gasteiger partial charge in [-0.3, -0.25) is 10.1 Å². The molecule has 8 nitrogen and oxygen atoms in total. The molecule has 7 rings (SSSR count). The van der Waals surface area contributed by atoms with Crippen molar-refractivity contribution in [3.05, 3.63) is 66.2 Å². The fourth-order valence-corrected chi connectivity index (χ4v) is 5.33. The number of pyridine rings is 1. The largest absolute Gasteiger partial charge is 0.353 e. The molecule has 10 heteroatoms. The molecule has 35 heavy (non-hydrogen) atoms. The van der Waals surface area contributed by atoms with Crippen LogP contribution >= 0.6 is 11.3 Å². The summed E-state index contributed by atoms with van der Waals surface area (Å²) in [5.41, 5.74) is 11.8. The summed E-state index contributed by atoms with van der Waals surface area (Å²) in [6, 6.07) is 13.6. The first-order valence-electron chi connectivity index (χ1n) is 11.2. The van der Waals surface area contributed by atoms with Gasteiger partial charge in [0.05, 0.1) is 29.5 Å². The summed E-state index contributed by atoms with van der Waals surface area (Å²) in [6.45, 7) is 1.56. The number of aromatic amines is 2.